The predicted molar refractivity (Wildman–Crippen MR) is 81.1 cm³/mol. The molecule has 1 aliphatic rings. The number of hydrogen-bond acceptors (Lipinski definition) is 5. The third kappa shape index (κ3) is 2.11. The summed E-state index contributed by atoms with van der Waals surface area (Å²) in [5, 5.41) is 1.57. The molecule has 22 heavy (non-hydrogen) atoms. The van der Waals surface area contributed by atoms with E-state index < -0.39 is 5.97 Å². The lowest BCUT2D eigenvalue weighted by atomic mass is 9.97. The van der Waals surface area contributed by atoms with Crippen LogP contribution in [0.15, 0.2) is 30.0 Å². The first kappa shape index (κ1) is 14.1. The van der Waals surface area contributed by atoms with Gasteiger partial charge in [0.25, 0.3) is 0 Å². The van der Waals surface area contributed by atoms with Crippen LogP contribution in [0, 0.1) is 0 Å². The fourth-order valence-electron chi connectivity index (χ4n) is 2.53. The van der Waals surface area contributed by atoms with Gasteiger partial charge in [-0.1, -0.05) is 18.2 Å². The molecule has 0 unspecified atom stereocenters. The van der Waals surface area contributed by atoms with Gasteiger partial charge in [0.2, 0.25) is 5.76 Å². The molecule has 0 N–H and O–H groups in total. The SMILES string of the molecule is CCOC(=O)C1=Cc2cccc3c(OC)cc(C=O)c(c23)O1. The minimum absolute atomic E-state index is 0.0649. The van der Waals surface area contributed by atoms with Crippen LogP contribution in [0.2, 0.25) is 0 Å². The highest BCUT2D eigenvalue weighted by Crippen LogP contribution is 2.42. The summed E-state index contributed by atoms with van der Waals surface area (Å²) in [5.41, 5.74) is 1.11. The van der Waals surface area contributed by atoms with Gasteiger partial charge in [0.15, 0.2) is 6.29 Å². The van der Waals surface area contributed by atoms with Crippen molar-refractivity contribution >= 4 is 29.1 Å². The second kappa shape index (κ2) is 5.52. The van der Waals surface area contributed by atoms with Crippen molar-refractivity contribution in [1.29, 1.82) is 0 Å². The van der Waals surface area contributed by atoms with Crippen LogP contribution in [-0.4, -0.2) is 26.0 Å². The van der Waals surface area contributed by atoms with Crippen molar-refractivity contribution in [1.82, 2.24) is 0 Å². The Morgan fingerprint density at radius 2 is 2.18 bits per heavy atom. The average Bonchev–Trinajstić information content (AvgIpc) is 2.55. The minimum atomic E-state index is -0.558. The standard InChI is InChI=1S/C17H14O5/c1-3-21-17(19)14-7-10-5-4-6-12-13(20-2)8-11(9-18)16(22-14)15(10)12/h4-9H,3H2,1-2H3. The van der Waals surface area contributed by atoms with Crippen LogP contribution >= 0.6 is 0 Å². The maximum atomic E-state index is 11.9. The molecule has 1 aliphatic heterocycles. The molecule has 2 aromatic rings. The lowest BCUT2D eigenvalue weighted by Gasteiger charge is -2.20. The van der Waals surface area contributed by atoms with E-state index in [0.29, 0.717) is 23.3 Å². The van der Waals surface area contributed by atoms with Crippen molar-refractivity contribution < 1.29 is 23.8 Å². The number of benzene rings is 2. The molecule has 0 saturated heterocycles. The summed E-state index contributed by atoms with van der Waals surface area (Å²) in [6, 6.07) is 7.18. The first-order valence-electron chi connectivity index (χ1n) is 6.85. The molecule has 2 aromatic carbocycles. The van der Waals surface area contributed by atoms with Crippen molar-refractivity contribution in [2.75, 3.05) is 13.7 Å². The highest BCUT2D eigenvalue weighted by molar-refractivity contribution is 6.08. The lowest BCUT2D eigenvalue weighted by Crippen LogP contribution is -2.15. The fourth-order valence-corrected chi connectivity index (χ4v) is 2.53. The first-order chi connectivity index (χ1) is 10.7. The fraction of sp³-hybridized carbons (Fsp3) is 0.176. The van der Waals surface area contributed by atoms with E-state index in [1.165, 1.54) is 0 Å². The number of carbonyl (C=O) groups is 2. The number of rotatable bonds is 4. The van der Waals surface area contributed by atoms with Crippen molar-refractivity contribution in [3.8, 4) is 11.5 Å². The monoisotopic (exact) mass is 298 g/mol. The number of ether oxygens (including phenoxy) is 3. The van der Waals surface area contributed by atoms with Crippen LogP contribution in [0.5, 0.6) is 11.5 Å². The van der Waals surface area contributed by atoms with Crippen LogP contribution in [0.3, 0.4) is 0 Å². The Kier molecular flexibility index (Phi) is 3.55. The number of carbonyl (C=O) groups excluding carboxylic acids is 2. The molecule has 1 heterocycles. The van der Waals surface area contributed by atoms with E-state index >= 15 is 0 Å². The van der Waals surface area contributed by atoms with E-state index in [1.807, 2.05) is 18.2 Å². The summed E-state index contributed by atoms with van der Waals surface area (Å²) in [6.07, 6.45) is 2.30. The smallest absolute Gasteiger partial charge is 0.374 e. The lowest BCUT2D eigenvalue weighted by molar-refractivity contribution is -0.140. The van der Waals surface area contributed by atoms with Crippen LogP contribution in [0.1, 0.15) is 22.8 Å². The second-order valence-corrected chi connectivity index (χ2v) is 4.72. The zero-order valence-corrected chi connectivity index (χ0v) is 12.2. The molecule has 0 atom stereocenters. The number of esters is 1. The molecule has 0 aliphatic carbocycles. The molecular formula is C17H14O5. The van der Waals surface area contributed by atoms with Crippen LogP contribution in [-0.2, 0) is 9.53 Å². The van der Waals surface area contributed by atoms with Crippen molar-refractivity contribution in [2.24, 2.45) is 0 Å². The molecule has 112 valence electrons. The van der Waals surface area contributed by atoms with Crippen LogP contribution in [0.4, 0.5) is 0 Å². The van der Waals surface area contributed by atoms with Gasteiger partial charge in [0, 0.05) is 10.8 Å². The Morgan fingerprint density at radius 1 is 1.36 bits per heavy atom. The van der Waals surface area contributed by atoms with Gasteiger partial charge in [-0.25, -0.2) is 4.79 Å². The van der Waals surface area contributed by atoms with Gasteiger partial charge >= 0.3 is 5.97 Å². The van der Waals surface area contributed by atoms with Gasteiger partial charge in [-0.2, -0.15) is 0 Å². The highest BCUT2D eigenvalue weighted by Gasteiger charge is 2.25. The largest absolute Gasteiger partial charge is 0.496 e. The predicted octanol–water partition coefficient (Wildman–Crippen LogP) is 2.96. The number of methoxy groups -OCH3 is 1. The maximum absolute atomic E-state index is 11.9. The summed E-state index contributed by atoms with van der Waals surface area (Å²) in [4.78, 5) is 23.3. The molecule has 5 heteroatoms. The van der Waals surface area contributed by atoms with Gasteiger partial charge in [-0.15, -0.1) is 0 Å². The number of aldehydes is 1. The van der Waals surface area contributed by atoms with E-state index in [-0.39, 0.29) is 12.4 Å². The summed E-state index contributed by atoms with van der Waals surface area (Å²) < 4.78 is 15.9. The molecule has 3 rings (SSSR count). The molecule has 0 fully saturated rings. The molecule has 0 bridgehead atoms. The third-order valence-electron chi connectivity index (χ3n) is 3.46. The van der Waals surface area contributed by atoms with E-state index in [2.05, 4.69) is 0 Å². The summed E-state index contributed by atoms with van der Waals surface area (Å²) in [7, 11) is 1.54. The summed E-state index contributed by atoms with van der Waals surface area (Å²) in [5.74, 6) is 0.444. The molecule has 0 aromatic heterocycles. The molecule has 0 radical (unpaired) electrons. The van der Waals surface area contributed by atoms with Crippen molar-refractivity contribution in [3.63, 3.8) is 0 Å². The Balaban J connectivity index is 2.27. The van der Waals surface area contributed by atoms with E-state index in [1.54, 1.807) is 26.2 Å². The van der Waals surface area contributed by atoms with Crippen LogP contribution in [0.25, 0.3) is 16.8 Å². The summed E-state index contributed by atoms with van der Waals surface area (Å²) >= 11 is 0. The number of hydrogen-bond donors (Lipinski definition) is 0. The zero-order valence-electron chi connectivity index (χ0n) is 12.2. The van der Waals surface area contributed by atoms with Gasteiger partial charge in [0.1, 0.15) is 11.5 Å². The topological polar surface area (TPSA) is 61.8 Å². The molecular weight excluding hydrogens is 284 g/mol. The Labute approximate surface area is 127 Å². The normalized spacial score (nSPS) is 12.4. The second-order valence-electron chi connectivity index (χ2n) is 4.72. The van der Waals surface area contributed by atoms with Crippen LogP contribution < -0.4 is 9.47 Å². The molecule has 5 nitrogen and oxygen atoms in total. The minimum Gasteiger partial charge on any atom is -0.496 e. The van der Waals surface area contributed by atoms with Gasteiger partial charge in [-0.05, 0) is 24.6 Å². The van der Waals surface area contributed by atoms with Gasteiger partial charge in [0.05, 0.1) is 19.3 Å². The van der Waals surface area contributed by atoms with Crippen molar-refractivity contribution in [3.05, 3.63) is 41.2 Å². The molecule has 0 amide bonds. The molecule has 0 saturated carbocycles. The van der Waals surface area contributed by atoms with E-state index in [4.69, 9.17) is 14.2 Å². The van der Waals surface area contributed by atoms with Gasteiger partial charge in [-0.3, -0.25) is 4.79 Å². The Hall–Kier alpha value is -2.82. The zero-order chi connectivity index (χ0) is 15.7. The molecule has 0 spiro atoms. The highest BCUT2D eigenvalue weighted by atomic mass is 16.6. The average molecular weight is 298 g/mol. The Bertz CT molecular complexity index is 804. The van der Waals surface area contributed by atoms with E-state index in [9.17, 15) is 9.59 Å². The quantitative estimate of drug-likeness (QED) is 0.641. The van der Waals surface area contributed by atoms with E-state index in [0.717, 1.165) is 16.3 Å². The van der Waals surface area contributed by atoms with Gasteiger partial charge < -0.3 is 14.2 Å². The van der Waals surface area contributed by atoms with Crippen molar-refractivity contribution in [2.45, 2.75) is 6.92 Å². The first-order valence-corrected chi connectivity index (χ1v) is 6.85. The maximum Gasteiger partial charge on any atom is 0.374 e. The third-order valence-corrected chi connectivity index (χ3v) is 3.46. The summed E-state index contributed by atoms with van der Waals surface area (Å²) in [6.45, 7) is 1.97. The Morgan fingerprint density at radius 3 is 2.86 bits per heavy atom.